The van der Waals surface area contributed by atoms with E-state index in [1.807, 2.05) is 37.0 Å². The van der Waals surface area contributed by atoms with E-state index in [2.05, 4.69) is 6.08 Å². The lowest BCUT2D eigenvalue weighted by atomic mass is 9.88. The quantitative estimate of drug-likeness (QED) is 0.244. The molecule has 0 bridgehead atoms. The van der Waals surface area contributed by atoms with Gasteiger partial charge in [0.05, 0.1) is 12.7 Å². The molecule has 2 saturated carbocycles. The van der Waals surface area contributed by atoms with Crippen molar-refractivity contribution in [2.45, 2.75) is 70.9 Å². The van der Waals surface area contributed by atoms with Gasteiger partial charge in [-0.3, -0.25) is 9.79 Å². The molecule has 6 heteroatoms. The average molecular weight is 457 g/mol. The Kier molecular flexibility index (Phi) is 8.97. The third-order valence-corrected chi connectivity index (χ3v) is 7.67. The third kappa shape index (κ3) is 6.03. The number of methoxy groups -OCH3 is 1. The van der Waals surface area contributed by atoms with Crippen molar-refractivity contribution < 1.29 is 14.3 Å². The Bertz CT molecular complexity index is 843. The molecule has 0 atom stereocenters. The van der Waals surface area contributed by atoms with Gasteiger partial charge in [-0.25, -0.2) is 4.79 Å². The van der Waals surface area contributed by atoms with Crippen molar-refractivity contribution in [2.24, 2.45) is 10.9 Å². The van der Waals surface area contributed by atoms with Crippen LogP contribution in [-0.2, 0) is 14.3 Å². The molecular formula is C26H36N2O3S. The van der Waals surface area contributed by atoms with Gasteiger partial charge in [0, 0.05) is 17.2 Å². The van der Waals surface area contributed by atoms with Crippen LogP contribution in [0.1, 0.15) is 65.2 Å². The van der Waals surface area contributed by atoms with E-state index < -0.39 is 0 Å². The molecule has 3 rings (SSSR count). The number of allylic oxidation sites excluding steroid dienone is 4. The predicted octanol–water partition coefficient (Wildman–Crippen LogP) is 5.60. The van der Waals surface area contributed by atoms with Gasteiger partial charge in [-0.05, 0) is 70.8 Å². The van der Waals surface area contributed by atoms with Gasteiger partial charge in [0.1, 0.15) is 11.4 Å². The largest absolute Gasteiger partial charge is 0.465 e. The minimum atomic E-state index is -0.370. The summed E-state index contributed by atoms with van der Waals surface area (Å²) in [5.41, 5.74) is 0.804. The Morgan fingerprint density at radius 3 is 2.62 bits per heavy atom. The van der Waals surface area contributed by atoms with Gasteiger partial charge in [-0.15, -0.1) is 11.8 Å². The molecule has 0 aromatic heterocycles. The summed E-state index contributed by atoms with van der Waals surface area (Å²) in [5.74, 6) is 1.62. The van der Waals surface area contributed by atoms with E-state index in [0.717, 1.165) is 48.7 Å². The summed E-state index contributed by atoms with van der Waals surface area (Å²) < 4.78 is 4.81. The van der Waals surface area contributed by atoms with Crippen molar-refractivity contribution in [2.75, 3.05) is 19.4 Å². The fourth-order valence-corrected chi connectivity index (χ4v) is 5.53. The Morgan fingerprint density at radius 1 is 1.25 bits per heavy atom. The second-order valence-electron chi connectivity index (χ2n) is 8.70. The number of nitrogens with zero attached hydrogens (tertiary/aromatic N) is 2. The first kappa shape index (κ1) is 24.6. The number of amides is 1. The molecule has 174 valence electrons. The minimum absolute atomic E-state index is 0.0800. The highest BCUT2D eigenvalue weighted by Gasteiger charge is 2.47. The van der Waals surface area contributed by atoms with Crippen LogP contribution in [0.15, 0.2) is 51.9 Å². The number of thioether (sulfide) groups is 1. The molecule has 0 N–H and O–H groups in total. The Morgan fingerprint density at radius 2 is 2.00 bits per heavy atom. The maximum Gasteiger partial charge on any atom is 0.337 e. The molecule has 0 aromatic carbocycles. The fraction of sp³-hybridized carbons (Fsp3) is 0.577. The Balaban J connectivity index is 1.69. The molecule has 1 aliphatic heterocycles. The van der Waals surface area contributed by atoms with Gasteiger partial charge in [0.25, 0.3) is 5.91 Å². The molecule has 1 amide bonds. The zero-order chi connectivity index (χ0) is 23.0. The van der Waals surface area contributed by atoms with Crippen LogP contribution < -0.4 is 0 Å². The molecule has 2 aliphatic carbocycles. The minimum Gasteiger partial charge on any atom is -0.465 e. The summed E-state index contributed by atoms with van der Waals surface area (Å²) in [4.78, 5) is 33.4. The average Bonchev–Trinajstić information content (AvgIpc) is 3.60. The zero-order valence-corrected chi connectivity index (χ0v) is 20.5. The molecule has 2 fully saturated rings. The summed E-state index contributed by atoms with van der Waals surface area (Å²) in [5, 5.41) is 0. The Labute approximate surface area is 196 Å². The lowest BCUT2D eigenvalue weighted by Gasteiger charge is -2.39. The van der Waals surface area contributed by atoms with Crippen molar-refractivity contribution in [3.8, 4) is 0 Å². The first-order valence-electron chi connectivity index (χ1n) is 11.8. The number of carbonyl (C=O) groups is 2. The van der Waals surface area contributed by atoms with Crippen molar-refractivity contribution in [1.29, 1.82) is 0 Å². The second kappa shape index (κ2) is 11.7. The maximum atomic E-state index is 13.5. The standard InChI is InChI=1S/C26H36N2O3S/c1-4-12-21(25(30)31-3)13-8-6-11-18-28-24(29)23(22(5-2)32-19-20-14-15-20)27-26(28)16-9-7-10-17-26/h4-6,8,12-13,20H,7,9-11,14-19H2,1-3H3/b8-6+,12-4-,21-13+,22-5-. The van der Waals surface area contributed by atoms with Crippen molar-refractivity contribution in [3.05, 3.63) is 46.9 Å². The summed E-state index contributed by atoms with van der Waals surface area (Å²) >= 11 is 1.80. The SMILES string of the molecule is C\C=C/C(=C\C=C\CCN1C(=O)C(/C(=C/C)SCC2CC2)=NC12CCCCC2)C(=O)OC. The third-order valence-electron chi connectivity index (χ3n) is 6.29. The van der Waals surface area contributed by atoms with Crippen molar-refractivity contribution >= 4 is 29.4 Å². The first-order valence-corrected chi connectivity index (χ1v) is 12.8. The predicted molar refractivity (Wildman–Crippen MR) is 133 cm³/mol. The van der Waals surface area contributed by atoms with Crippen LogP contribution in [0.5, 0.6) is 0 Å². The molecule has 0 radical (unpaired) electrons. The smallest absolute Gasteiger partial charge is 0.337 e. The van der Waals surface area contributed by atoms with Gasteiger partial charge >= 0.3 is 5.97 Å². The number of hydrogen-bond donors (Lipinski definition) is 0. The van der Waals surface area contributed by atoms with E-state index in [1.165, 1.54) is 26.4 Å². The number of aliphatic imine (C=N–C) groups is 1. The van der Waals surface area contributed by atoms with E-state index in [-0.39, 0.29) is 17.5 Å². The highest BCUT2D eigenvalue weighted by atomic mass is 32.2. The lowest BCUT2D eigenvalue weighted by molar-refractivity contribution is -0.135. The molecule has 1 heterocycles. The molecule has 0 saturated heterocycles. The number of rotatable bonds is 10. The van der Waals surface area contributed by atoms with Crippen LogP contribution in [0.2, 0.25) is 0 Å². The van der Waals surface area contributed by atoms with Crippen LogP contribution in [0, 0.1) is 5.92 Å². The van der Waals surface area contributed by atoms with Crippen LogP contribution in [0.4, 0.5) is 0 Å². The van der Waals surface area contributed by atoms with Crippen LogP contribution in [-0.4, -0.2) is 47.6 Å². The van der Waals surface area contributed by atoms with Gasteiger partial charge in [0.2, 0.25) is 0 Å². The molecule has 0 aromatic rings. The molecule has 3 aliphatic rings. The first-order chi connectivity index (χ1) is 15.5. The number of esters is 1. The molecule has 0 unspecified atom stereocenters. The van der Waals surface area contributed by atoms with Crippen LogP contribution in [0.3, 0.4) is 0 Å². The highest BCUT2D eigenvalue weighted by Crippen LogP contribution is 2.42. The molecule has 5 nitrogen and oxygen atoms in total. The number of hydrogen-bond acceptors (Lipinski definition) is 5. The van der Waals surface area contributed by atoms with E-state index in [9.17, 15) is 9.59 Å². The van der Waals surface area contributed by atoms with Gasteiger partial charge < -0.3 is 9.64 Å². The van der Waals surface area contributed by atoms with Gasteiger partial charge in [0.15, 0.2) is 0 Å². The van der Waals surface area contributed by atoms with E-state index in [4.69, 9.17) is 9.73 Å². The monoisotopic (exact) mass is 456 g/mol. The Hall–Kier alpha value is -2.08. The van der Waals surface area contributed by atoms with Crippen LogP contribution >= 0.6 is 11.8 Å². The van der Waals surface area contributed by atoms with E-state index in [0.29, 0.717) is 17.8 Å². The number of ether oxygens (including phenoxy) is 1. The lowest BCUT2D eigenvalue weighted by Crippen LogP contribution is -2.48. The maximum absolute atomic E-state index is 13.5. The summed E-state index contributed by atoms with van der Waals surface area (Å²) in [6.07, 6.45) is 19.9. The number of carbonyl (C=O) groups excluding carboxylic acids is 2. The molecule has 1 spiro atoms. The van der Waals surface area contributed by atoms with E-state index in [1.54, 1.807) is 23.9 Å². The van der Waals surface area contributed by atoms with Crippen LogP contribution in [0.25, 0.3) is 0 Å². The molecule has 32 heavy (non-hydrogen) atoms. The molecular weight excluding hydrogens is 420 g/mol. The van der Waals surface area contributed by atoms with E-state index >= 15 is 0 Å². The summed E-state index contributed by atoms with van der Waals surface area (Å²) in [6, 6.07) is 0. The normalized spacial score (nSPS) is 21.8. The fourth-order valence-electron chi connectivity index (χ4n) is 4.34. The summed E-state index contributed by atoms with van der Waals surface area (Å²) in [6.45, 7) is 4.51. The van der Waals surface area contributed by atoms with Gasteiger partial charge in [-0.2, -0.15) is 0 Å². The summed E-state index contributed by atoms with van der Waals surface area (Å²) in [7, 11) is 1.38. The topological polar surface area (TPSA) is 59.0 Å². The highest BCUT2D eigenvalue weighted by molar-refractivity contribution is 8.04. The van der Waals surface area contributed by atoms with Crippen molar-refractivity contribution in [1.82, 2.24) is 4.90 Å². The van der Waals surface area contributed by atoms with Crippen molar-refractivity contribution in [3.63, 3.8) is 0 Å². The van der Waals surface area contributed by atoms with Gasteiger partial charge in [-0.1, -0.05) is 36.8 Å². The zero-order valence-electron chi connectivity index (χ0n) is 19.6. The second-order valence-corrected chi connectivity index (χ2v) is 9.76.